The summed E-state index contributed by atoms with van der Waals surface area (Å²) in [7, 11) is -3.91. The average molecular weight is 455 g/mol. The molecule has 4 rings (SSSR count). The molecule has 0 amide bonds. The van der Waals surface area contributed by atoms with Crippen LogP contribution in [0.5, 0.6) is 0 Å². The van der Waals surface area contributed by atoms with Crippen LogP contribution in [0.4, 0.5) is 5.69 Å². The minimum Gasteiger partial charge on any atom is -0.295 e. The number of aryl methyl sites for hydroxylation is 1. The molecule has 2 aromatic rings. The number of nitro benzene ring substituents is 1. The van der Waals surface area contributed by atoms with E-state index in [0.29, 0.717) is 30.4 Å². The van der Waals surface area contributed by atoms with Crippen LogP contribution in [0.2, 0.25) is 0 Å². The van der Waals surface area contributed by atoms with Crippen molar-refractivity contribution < 1.29 is 22.9 Å². The van der Waals surface area contributed by atoms with Crippen LogP contribution < -0.4 is 0 Å². The normalized spacial score (nSPS) is 19.5. The van der Waals surface area contributed by atoms with Crippen molar-refractivity contribution in [1.29, 1.82) is 0 Å². The Morgan fingerprint density at radius 2 is 1.72 bits per heavy atom. The van der Waals surface area contributed by atoms with Gasteiger partial charge in [-0.3, -0.25) is 19.7 Å². The molecule has 1 unspecified atom stereocenters. The molecule has 1 heterocycles. The van der Waals surface area contributed by atoms with Crippen molar-refractivity contribution in [3.05, 3.63) is 80.9 Å². The van der Waals surface area contributed by atoms with Gasteiger partial charge in [0.05, 0.1) is 15.7 Å². The highest BCUT2D eigenvalue weighted by Crippen LogP contribution is 2.37. The number of carbonyl (C=O) groups is 2. The molecule has 1 aliphatic carbocycles. The Morgan fingerprint density at radius 1 is 1.06 bits per heavy atom. The first kappa shape index (κ1) is 22.0. The van der Waals surface area contributed by atoms with Gasteiger partial charge in [-0.05, 0) is 49.6 Å². The van der Waals surface area contributed by atoms with Crippen molar-refractivity contribution in [3.8, 4) is 0 Å². The zero-order valence-corrected chi connectivity index (χ0v) is 18.3. The Balaban J connectivity index is 1.72. The summed E-state index contributed by atoms with van der Waals surface area (Å²) in [5.74, 6) is -1.27. The first-order valence-corrected chi connectivity index (χ1v) is 11.7. The molecule has 0 saturated heterocycles. The van der Waals surface area contributed by atoms with Gasteiger partial charge in [0.1, 0.15) is 0 Å². The summed E-state index contributed by atoms with van der Waals surface area (Å²) in [4.78, 5) is 36.5. The lowest BCUT2D eigenvalue weighted by molar-refractivity contribution is -0.384. The third-order valence-electron chi connectivity index (χ3n) is 6.05. The van der Waals surface area contributed by atoms with Crippen molar-refractivity contribution >= 4 is 27.3 Å². The van der Waals surface area contributed by atoms with Crippen LogP contribution in [0, 0.1) is 23.0 Å². The van der Waals surface area contributed by atoms with Crippen LogP contribution in [-0.2, 0) is 14.8 Å². The second kappa shape index (κ2) is 8.40. The van der Waals surface area contributed by atoms with Gasteiger partial charge in [0.25, 0.3) is 5.69 Å². The van der Waals surface area contributed by atoms with Crippen molar-refractivity contribution in [3.63, 3.8) is 0 Å². The van der Waals surface area contributed by atoms with Crippen molar-refractivity contribution in [2.24, 2.45) is 5.92 Å². The Kier molecular flexibility index (Phi) is 5.79. The zero-order valence-electron chi connectivity index (χ0n) is 17.5. The maximum atomic E-state index is 13.4. The number of ketones is 2. The summed E-state index contributed by atoms with van der Waals surface area (Å²) in [6.45, 7) is 1.74. The average Bonchev–Trinajstić information content (AvgIpc) is 2.78. The van der Waals surface area contributed by atoms with Gasteiger partial charge in [0.15, 0.2) is 11.6 Å². The number of nitrogens with zero attached hydrogens (tertiary/aromatic N) is 2. The first-order chi connectivity index (χ1) is 15.2. The lowest BCUT2D eigenvalue weighted by Crippen LogP contribution is -2.46. The van der Waals surface area contributed by atoms with Crippen molar-refractivity contribution in [2.45, 2.75) is 31.1 Å². The Morgan fingerprint density at radius 3 is 2.34 bits per heavy atom. The predicted molar refractivity (Wildman–Crippen MR) is 117 cm³/mol. The lowest BCUT2D eigenvalue weighted by atomic mass is 9.78. The number of Topliss-reactive ketones (excluding diaryl/α,β-unsaturated/α-hetero) is 2. The second-order valence-electron chi connectivity index (χ2n) is 8.11. The van der Waals surface area contributed by atoms with Gasteiger partial charge in [-0.2, -0.15) is 4.31 Å². The Bertz CT molecular complexity index is 1230. The van der Waals surface area contributed by atoms with Crippen LogP contribution in [0.15, 0.2) is 64.6 Å². The Labute approximate surface area is 185 Å². The van der Waals surface area contributed by atoms with E-state index in [1.54, 1.807) is 12.1 Å². The smallest absolute Gasteiger partial charge is 0.269 e. The monoisotopic (exact) mass is 454 g/mol. The van der Waals surface area contributed by atoms with Gasteiger partial charge < -0.3 is 0 Å². The highest BCUT2D eigenvalue weighted by Gasteiger charge is 2.41. The summed E-state index contributed by atoms with van der Waals surface area (Å²) >= 11 is 0. The molecule has 0 radical (unpaired) electrons. The molecule has 32 heavy (non-hydrogen) atoms. The largest absolute Gasteiger partial charge is 0.295 e. The molecule has 0 fully saturated rings. The van der Waals surface area contributed by atoms with Gasteiger partial charge in [0, 0.05) is 42.8 Å². The fourth-order valence-electron chi connectivity index (χ4n) is 4.28. The van der Waals surface area contributed by atoms with Crippen LogP contribution in [-0.4, -0.2) is 42.3 Å². The van der Waals surface area contributed by atoms with E-state index in [4.69, 9.17) is 0 Å². The maximum absolute atomic E-state index is 13.4. The SMILES string of the molecule is Cc1ccc(S(=O)(=O)N2CC3=C(CCCC3=O)C(C(=O)c3ccc([N+](=O)[O-])cc3)C2)cc1. The molecule has 1 atom stereocenters. The molecule has 0 N–H and O–H groups in total. The number of hydrogen-bond donors (Lipinski definition) is 0. The number of sulfonamides is 1. The molecule has 166 valence electrons. The minimum atomic E-state index is -3.91. The van der Waals surface area contributed by atoms with E-state index >= 15 is 0 Å². The number of non-ortho nitro benzene ring substituents is 1. The Hall–Kier alpha value is -3.17. The van der Waals surface area contributed by atoms with Crippen LogP contribution in [0.1, 0.15) is 35.2 Å². The number of carbonyl (C=O) groups excluding carboxylic acids is 2. The summed E-state index contributed by atoms with van der Waals surface area (Å²) < 4.78 is 27.8. The first-order valence-electron chi connectivity index (χ1n) is 10.3. The predicted octanol–water partition coefficient (Wildman–Crippen LogP) is 3.46. The minimum absolute atomic E-state index is 0.0472. The third-order valence-corrected chi connectivity index (χ3v) is 7.88. The van der Waals surface area contributed by atoms with Crippen molar-refractivity contribution in [2.75, 3.05) is 13.1 Å². The molecule has 0 bridgehead atoms. The molecular formula is C23H22N2O6S. The maximum Gasteiger partial charge on any atom is 0.269 e. The molecule has 9 heteroatoms. The molecule has 8 nitrogen and oxygen atoms in total. The van der Waals surface area contributed by atoms with Crippen LogP contribution >= 0.6 is 0 Å². The fourth-order valence-corrected chi connectivity index (χ4v) is 5.70. The van der Waals surface area contributed by atoms with E-state index in [-0.39, 0.29) is 40.8 Å². The summed E-state index contributed by atoms with van der Waals surface area (Å²) in [5, 5.41) is 10.9. The quantitative estimate of drug-likeness (QED) is 0.388. The molecule has 2 aliphatic rings. The highest BCUT2D eigenvalue weighted by atomic mass is 32.2. The highest BCUT2D eigenvalue weighted by molar-refractivity contribution is 7.89. The van der Waals surface area contributed by atoms with Crippen LogP contribution in [0.3, 0.4) is 0 Å². The zero-order chi connectivity index (χ0) is 23.0. The molecule has 0 aromatic heterocycles. The summed E-state index contributed by atoms with van der Waals surface area (Å²) in [6, 6.07) is 11.7. The standard InChI is InChI=1S/C23H22N2O6S/c1-15-5-11-18(12-6-15)32(30,31)24-13-20-19(3-2-4-22(20)26)21(14-24)23(27)16-7-9-17(10-8-16)25(28)29/h5-12,21H,2-4,13-14H2,1H3. The van der Waals surface area contributed by atoms with Crippen molar-refractivity contribution in [1.82, 2.24) is 4.31 Å². The van der Waals surface area contributed by atoms with E-state index in [1.165, 1.54) is 40.7 Å². The van der Waals surface area contributed by atoms with E-state index in [1.807, 2.05) is 6.92 Å². The number of nitro groups is 1. The number of hydrogen-bond acceptors (Lipinski definition) is 6. The molecule has 2 aromatic carbocycles. The van der Waals surface area contributed by atoms with E-state index in [2.05, 4.69) is 0 Å². The second-order valence-corrected chi connectivity index (χ2v) is 10.0. The number of benzene rings is 2. The van der Waals surface area contributed by atoms with E-state index < -0.39 is 20.9 Å². The topological polar surface area (TPSA) is 115 Å². The van der Waals surface area contributed by atoms with E-state index in [0.717, 1.165) is 5.56 Å². The van der Waals surface area contributed by atoms with Gasteiger partial charge in [0.2, 0.25) is 10.0 Å². The van der Waals surface area contributed by atoms with Gasteiger partial charge in [-0.25, -0.2) is 8.42 Å². The summed E-state index contributed by atoms with van der Waals surface area (Å²) in [6.07, 6.45) is 1.50. The van der Waals surface area contributed by atoms with Gasteiger partial charge in [-0.15, -0.1) is 0 Å². The van der Waals surface area contributed by atoms with Gasteiger partial charge in [-0.1, -0.05) is 17.7 Å². The fraction of sp³-hybridized carbons (Fsp3) is 0.304. The number of rotatable bonds is 5. The van der Waals surface area contributed by atoms with E-state index in [9.17, 15) is 28.1 Å². The third kappa shape index (κ3) is 4.01. The van der Waals surface area contributed by atoms with Gasteiger partial charge >= 0.3 is 0 Å². The lowest BCUT2D eigenvalue weighted by Gasteiger charge is -2.36. The molecule has 0 saturated carbocycles. The van der Waals surface area contributed by atoms with Crippen LogP contribution in [0.25, 0.3) is 0 Å². The molecule has 0 spiro atoms. The molecular weight excluding hydrogens is 432 g/mol. The molecule has 1 aliphatic heterocycles. The summed E-state index contributed by atoms with van der Waals surface area (Å²) in [5.41, 5.74) is 2.13.